The molecule has 440 valence electrons. The van der Waals surface area contributed by atoms with Crippen molar-refractivity contribution in [2.24, 2.45) is 0 Å². The fourth-order valence-corrected chi connectivity index (χ4v) is 9.81. The molecule has 0 aliphatic heterocycles. The van der Waals surface area contributed by atoms with Crippen molar-refractivity contribution in [2.45, 2.75) is 56.0 Å². The van der Waals surface area contributed by atoms with Crippen molar-refractivity contribution in [2.75, 3.05) is 0 Å². The van der Waals surface area contributed by atoms with Crippen LogP contribution in [0.25, 0.3) is 32.8 Å². The standard InChI is InChI=1S/C32H12BF24.C25H19N2/c34-25(35,36)13-1-14(26(37,38)39)6-21(5-13)33(22-7-15(27(40,41)42)2-16(8-22)28(43,44)45,23-9-17(29(46,47)48)3-18(10-23)30(49,50)51)24-11-19(31(52,53)54)4-20(12-24)32(55,56)57;1-2-8-19(9-3-1)17-27-15-14-26-24(18-27)25-22-12-6-4-10-20(22)16-21-11-5-7-13-23(21)25/h1-12H;1-16,18H,17H2/q-1;+1. The molecular formula is C57H31BF24N2. The number of fused-ring (bicyclic) bond motifs is 2. The van der Waals surface area contributed by atoms with Crippen LogP contribution in [-0.4, -0.2) is 11.1 Å². The van der Waals surface area contributed by atoms with Crippen LogP contribution < -0.4 is 26.4 Å². The Bertz CT molecular complexity index is 3400. The maximum atomic E-state index is 14.2. The zero-order chi connectivity index (χ0) is 62.0. The summed E-state index contributed by atoms with van der Waals surface area (Å²) in [6.45, 7) is 0.832. The smallest absolute Gasteiger partial charge is 0.244 e. The molecule has 0 aliphatic rings. The predicted molar refractivity (Wildman–Crippen MR) is 260 cm³/mol. The quantitative estimate of drug-likeness (QED) is 0.0673. The van der Waals surface area contributed by atoms with Gasteiger partial charge in [0.25, 0.3) is 0 Å². The van der Waals surface area contributed by atoms with Gasteiger partial charge in [0, 0.05) is 11.1 Å². The zero-order valence-electron chi connectivity index (χ0n) is 41.5. The van der Waals surface area contributed by atoms with E-state index in [0.29, 0.717) is 0 Å². The Kier molecular flexibility index (Phi) is 16.0. The van der Waals surface area contributed by atoms with Gasteiger partial charge >= 0.3 is 49.4 Å². The molecule has 9 rings (SSSR count). The summed E-state index contributed by atoms with van der Waals surface area (Å²) >= 11 is 0. The monoisotopic (exact) mass is 1210 g/mol. The lowest BCUT2D eigenvalue weighted by Crippen LogP contribution is -2.75. The Hall–Kier alpha value is -8.26. The van der Waals surface area contributed by atoms with E-state index < -0.39 is 195 Å². The van der Waals surface area contributed by atoms with Crippen molar-refractivity contribution in [3.8, 4) is 11.3 Å². The predicted octanol–water partition coefficient (Wildman–Crippen LogP) is 16.6. The Morgan fingerprint density at radius 1 is 0.321 bits per heavy atom. The van der Waals surface area contributed by atoms with Gasteiger partial charge in [0.1, 0.15) is 11.8 Å². The number of benzene rings is 8. The molecule has 0 bridgehead atoms. The highest BCUT2D eigenvalue weighted by atomic mass is 19.4. The Morgan fingerprint density at radius 2 is 0.595 bits per heavy atom. The third-order valence-corrected chi connectivity index (χ3v) is 13.4. The second-order valence-corrected chi connectivity index (χ2v) is 19.0. The maximum absolute atomic E-state index is 14.2. The average molecular weight is 1210 g/mol. The summed E-state index contributed by atoms with van der Waals surface area (Å²) in [7, 11) is 0. The van der Waals surface area contributed by atoms with E-state index in [-0.39, 0.29) is 0 Å². The third-order valence-electron chi connectivity index (χ3n) is 13.4. The molecule has 9 aromatic rings. The number of halogens is 24. The highest BCUT2D eigenvalue weighted by Gasteiger charge is 2.47. The van der Waals surface area contributed by atoms with E-state index in [0.717, 1.165) is 12.2 Å². The van der Waals surface area contributed by atoms with Crippen molar-refractivity contribution in [3.63, 3.8) is 0 Å². The second kappa shape index (κ2) is 21.7. The molecule has 84 heavy (non-hydrogen) atoms. The Morgan fingerprint density at radius 3 is 0.881 bits per heavy atom. The van der Waals surface area contributed by atoms with Crippen LogP contribution in [0.15, 0.2) is 176 Å². The summed E-state index contributed by atoms with van der Waals surface area (Å²) in [6.07, 6.45) is -48.7. The normalized spacial score (nSPS) is 13.3. The third kappa shape index (κ3) is 13.2. The molecule has 27 heteroatoms. The molecule has 0 saturated carbocycles. The SMILES string of the molecule is FC(F)(F)c1cc([B-](c2cc(C(F)(F)F)cc(C(F)(F)F)c2)(c2cc(C(F)(F)F)cc(C(F)(F)F)c2)c2cc(C(F)(F)F)cc(C(F)(F)F)c2)cc(C(F)(F)F)c1.c1ccc(C[n+]2ccnc(-c3c4ccccc4cc4ccccc34)c2)cc1. The van der Waals surface area contributed by atoms with E-state index in [4.69, 9.17) is 4.98 Å². The van der Waals surface area contributed by atoms with Gasteiger partial charge in [0.2, 0.25) is 0 Å². The molecule has 1 heterocycles. The van der Waals surface area contributed by atoms with E-state index in [2.05, 4.69) is 89.6 Å². The van der Waals surface area contributed by atoms with Crippen LogP contribution in [0.4, 0.5) is 105 Å². The van der Waals surface area contributed by atoms with Gasteiger partial charge in [-0.3, -0.25) is 0 Å². The minimum Gasteiger partial charge on any atom is -0.244 e. The molecule has 0 aliphatic carbocycles. The maximum Gasteiger partial charge on any atom is 0.416 e. The minimum absolute atomic E-state index is 0.691. The summed E-state index contributed by atoms with van der Waals surface area (Å²) in [5.41, 5.74) is -26.7. The van der Waals surface area contributed by atoms with Crippen LogP contribution in [-0.2, 0) is 56.0 Å². The number of nitrogens with zero attached hydrogens (tertiary/aromatic N) is 2. The topological polar surface area (TPSA) is 16.8 Å². The van der Waals surface area contributed by atoms with Crippen molar-refractivity contribution in [1.29, 1.82) is 0 Å². The average Bonchev–Trinajstić information content (AvgIpc) is 0.880. The van der Waals surface area contributed by atoms with Crippen LogP contribution in [0.1, 0.15) is 50.1 Å². The summed E-state index contributed by atoms with van der Waals surface area (Å²) in [6, 6.07) is 21.1. The Balaban J connectivity index is 0.000000280. The molecule has 0 atom stereocenters. The number of rotatable bonds is 7. The van der Waals surface area contributed by atoms with E-state index in [1.807, 2.05) is 18.5 Å². The lowest BCUT2D eigenvalue weighted by atomic mass is 9.12. The lowest BCUT2D eigenvalue weighted by molar-refractivity contribution is -0.688. The van der Waals surface area contributed by atoms with Gasteiger partial charge in [0.05, 0.1) is 50.7 Å². The molecule has 1 aromatic heterocycles. The largest absolute Gasteiger partial charge is 0.416 e. The van der Waals surface area contributed by atoms with E-state index in [1.165, 1.54) is 32.7 Å². The fourth-order valence-electron chi connectivity index (χ4n) is 9.81. The summed E-state index contributed by atoms with van der Waals surface area (Å²) in [5.74, 6) is 0. The Labute approximate surface area is 457 Å². The summed E-state index contributed by atoms with van der Waals surface area (Å²) in [4.78, 5) is 4.73. The summed E-state index contributed by atoms with van der Waals surface area (Å²) < 4.78 is 343. The van der Waals surface area contributed by atoms with E-state index >= 15 is 0 Å². The van der Waals surface area contributed by atoms with Crippen LogP contribution in [0.3, 0.4) is 0 Å². The van der Waals surface area contributed by atoms with Crippen LogP contribution >= 0.6 is 0 Å². The molecular weight excluding hydrogens is 1180 g/mol. The zero-order valence-corrected chi connectivity index (χ0v) is 41.5. The van der Waals surface area contributed by atoms with Gasteiger partial charge in [-0.25, -0.2) is 4.98 Å². The fraction of sp³-hybridized carbons (Fsp3) is 0.158. The van der Waals surface area contributed by atoms with Gasteiger partial charge < -0.3 is 0 Å². The van der Waals surface area contributed by atoms with Gasteiger partial charge in [-0.05, 0) is 51.9 Å². The molecule has 0 unspecified atom stereocenters. The molecule has 0 N–H and O–H groups in total. The molecule has 0 radical (unpaired) electrons. The van der Waals surface area contributed by atoms with Crippen molar-refractivity contribution >= 4 is 49.5 Å². The molecule has 0 saturated heterocycles. The van der Waals surface area contributed by atoms with Crippen LogP contribution in [0, 0.1) is 0 Å². The van der Waals surface area contributed by atoms with Gasteiger partial charge in [-0.1, -0.05) is 127 Å². The summed E-state index contributed by atoms with van der Waals surface area (Å²) in [5, 5.41) is 4.96. The van der Waals surface area contributed by atoms with Gasteiger partial charge in [-0.15, -0.1) is 0 Å². The van der Waals surface area contributed by atoms with E-state index in [9.17, 15) is 105 Å². The van der Waals surface area contributed by atoms with Gasteiger partial charge in [0.15, 0.2) is 18.9 Å². The van der Waals surface area contributed by atoms with Crippen LogP contribution in [0.2, 0.25) is 0 Å². The molecule has 2 nitrogen and oxygen atoms in total. The first-order chi connectivity index (χ1) is 38.6. The first-order valence-electron chi connectivity index (χ1n) is 23.8. The molecule has 8 aromatic carbocycles. The lowest BCUT2D eigenvalue weighted by Gasteiger charge is -2.46. The van der Waals surface area contributed by atoms with Crippen LogP contribution in [0.5, 0.6) is 0 Å². The highest BCUT2D eigenvalue weighted by Crippen LogP contribution is 2.42. The number of hydrogen-bond donors (Lipinski definition) is 0. The van der Waals surface area contributed by atoms with E-state index in [1.54, 1.807) is 0 Å². The first-order valence-corrected chi connectivity index (χ1v) is 23.8. The van der Waals surface area contributed by atoms with Crippen molar-refractivity contribution < 1.29 is 110 Å². The molecule has 0 fully saturated rings. The van der Waals surface area contributed by atoms with Crippen molar-refractivity contribution in [1.82, 2.24) is 4.98 Å². The van der Waals surface area contributed by atoms with Crippen molar-refractivity contribution in [3.05, 3.63) is 226 Å². The first kappa shape index (κ1) is 61.8. The molecule has 0 spiro atoms. The number of hydrogen-bond acceptors (Lipinski definition) is 1. The molecule has 0 amide bonds. The second-order valence-electron chi connectivity index (χ2n) is 19.0. The highest BCUT2D eigenvalue weighted by molar-refractivity contribution is 7.20. The number of aromatic nitrogens is 2. The number of alkyl halides is 24. The van der Waals surface area contributed by atoms with Gasteiger partial charge in [-0.2, -0.15) is 132 Å². The minimum atomic E-state index is -6.13.